The van der Waals surface area contributed by atoms with Crippen LogP contribution in [0, 0.1) is 0 Å². The fraction of sp³-hybridized carbons (Fsp3) is 0.118. The molecule has 0 unspecified atom stereocenters. The van der Waals surface area contributed by atoms with Crippen LogP contribution in [0.25, 0.3) is 16.9 Å². The molecule has 1 heterocycles. The van der Waals surface area contributed by atoms with Gasteiger partial charge in [0.15, 0.2) is 5.69 Å². The summed E-state index contributed by atoms with van der Waals surface area (Å²) in [5.74, 6) is 0.624. The van der Waals surface area contributed by atoms with E-state index in [1.54, 1.807) is 24.3 Å². The molecule has 0 bridgehead atoms. The third kappa shape index (κ3) is 3.05. The summed E-state index contributed by atoms with van der Waals surface area (Å²) in [6, 6.07) is 13.4. The van der Waals surface area contributed by atoms with Crippen LogP contribution in [0.1, 0.15) is 5.69 Å². The third-order valence-corrected chi connectivity index (χ3v) is 3.48. The molecule has 0 aliphatic rings. The van der Waals surface area contributed by atoms with Crippen molar-refractivity contribution >= 4 is 0 Å². The molecular weight excluding hydrogens is 321 g/mol. The van der Waals surface area contributed by atoms with Crippen LogP contribution >= 0.6 is 0 Å². The molecule has 0 atom stereocenters. The van der Waals surface area contributed by atoms with Crippen LogP contribution in [0.3, 0.4) is 0 Å². The summed E-state index contributed by atoms with van der Waals surface area (Å²) in [5, 5.41) is 13.1. The van der Waals surface area contributed by atoms with Crippen LogP contribution in [-0.4, -0.2) is 22.0 Å². The van der Waals surface area contributed by atoms with Gasteiger partial charge in [-0.1, -0.05) is 0 Å². The second kappa shape index (κ2) is 5.92. The number of benzene rings is 2. The average Bonchev–Trinajstić information content (AvgIpc) is 3.01. The third-order valence-electron chi connectivity index (χ3n) is 3.48. The molecule has 0 aliphatic heterocycles. The molecule has 0 spiro atoms. The second-order valence-corrected chi connectivity index (χ2v) is 5.07. The van der Waals surface area contributed by atoms with Gasteiger partial charge in [-0.05, 0) is 54.6 Å². The Labute approximate surface area is 135 Å². The Balaban J connectivity index is 2.15. The number of rotatable bonds is 3. The number of alkyl halides is 3. The summed E-state index contributed by atoms with van der Waals surface area (Å²) in [4.78, 5) is 0. The van der Waals surface area contributed by atoms with Crippen LogP contribution in [0.5, 0.6) is 11.5 Å². The van der Waals surface area contributed by atoms with Crippen molar-refractivity contribution in [3.8, 4) is 28.4 Å². The number of methoxy groups -OCH3 is 1. The van der Waals surface area contributed by atoms with Gasteiger partial charge in [0.2, 0.25) is 0 Å². The van der Waals surface area contributed by atoms with E-state index in [1.807, 2.05) is 0 Å². The maximum atomic E-state index is 13.1. The van der Waals surface area contributed by atoms with Crippen LogP contribution in [0.4, 0.5) is 13.2 Å². The number of halogens is 3. The number of ether oxygens (including phenoxy) is 1. The molecule has 0 radical (unpaired) electrons. The number of hydrogen-bond donors (Lipinski definition) is 1. The van der Waals surface area contributed by atoms with Gasteiger partial charge in [0.05, 0.1) is 18.5 Å². The van der Waals surface area contributed by atoms with Gasteiger partial charge in [-0.15, -0.1) is 0 Å². The standard InChI is InChI=1S/C17H13F3N2O2/c1-24-14-8-4-12(5-9-14)22-15(10-16(21-22)17(18,19)20)11-2-6-13(23)7-3-11/h2-10,23H,1H3. The summed E-state index contributed by atoms with van der Waals surface area (Å²) in [7, 11) is 1.51. The number of nitrogens with zero attached hydrogens (tertiary/aromatic N) is 2. The highest BCUT2D eigenvalue weighted by molar-refractivity contribution is 5.64. The van der Waals surface area contributed by atoms with E-state index in [4.69, 9.17) is 4.74 Å². The smallest absolute Gasteiger partial charge is 0.435 e. The fourth-order valence-corrected chi connectivity index (χ4v) is 2.28. The highest BCUT2D eigenvalue weighted by Gasteiger charge is 2.35. The zero-order valence-electron chi connectivity index (χ0n) is 12.6. The predicted octanol–water partition coefficient (Wildman–Crippen LogP) is 4.27. The number of phenols is 1. The van der Waals surface area contributed by atoms with Crippen LogP contribution in [0.15, 0.2) is 54.6 Å². The molecule has 0 amide bonds. The van der Waals surface area contributed by atoms with E-state index < -0.39 is 11.9 Å². The summed E-state index contributed by atoms with van der Waals surface area (Å²) in [5.41, 5.74) is 0.259. The number of aromatic hydroxyl groups is 1. The SMILES string of the molecule is COc1ccc(-n2nc(C(F)(F)F)cc2-c2ccc(O)cc2)cc1. The Kier molecular flexibility index (Phi) is 3.92. The van der Waals surface area contributed by atoms with E-state index in [9.17, 15) is 18.3 Å². The van der Waals surface area contributed by atoms with Crippen molar-refractivity contribution in [1.29, 1.82) is 0 Å². The molecule has 2 aromatic carbocycles. The maximum Gasteiger partial charge on any atom is 0.435 e. The van der Waals surface area contributed by atoms with Crippen molar-refractivity contribution in [3.63, 3.8) is 0 Å². The molecule has 0 aliphatic carbocycles. The van der Waals surface area contributed by atoms with Crippen molar-refractivity contribution in [2.75, 3.05) is 7.11 Å². The monoisotopic (exact) mass is 334 g/mol. The molecule has 0 saturated heterocycles. The Morgan fingerprint density at radius 1 is 1.00 bits per heavy atom. The first-order chi connectivity index (χ1) is 11.4. The highest BCUT2D eigenvalue weighted by atomic mass is 19.4. The molecule has 3 rings (SSSR count). The van der Waals surface area contributed by atoms with Gasteiger partial charge in [0.1, 0.15) is 11.5 Å². The van der Waals surface area contributed by atoms with Gasteiger partial charge in [-0.25, -0.2) is 4.68 Å². The molecule has 4 nitrogen and oxygen atoms in total. The Morgan fingerprint density at radius 3 is 2.17 bits per heavy atom. The lowest BCUT2D eigenvalue weighted by Gasteiger charge is -2.08. The molecule has 0 fully saturated rings. The van der Waals surface area contributed by atoms with E-state index in [-0.39, 0.29) is 11.4 Å². The number of hydrogen-bond acceptors (Lipinski definition) is 3. The first kappa shape index (κ1) is 15.9. The van der Waals surface area contributed by atoms with Gasteiger partial charge < -0.3 is 9.84 Å². The van der Waals surface area contributed by atoms with Crippen molar-refractivity contribution in [2.45, 2.75) is 6.18 Å². The zero-order valence-corrected chi connectivity index (χ0v) is 12.6. The van der Waals surface area contributed by atoms with Crippen molar-refractivity contribution in [1.82, 2.24) is 9.78 Å². The predicted molar refractivity (Wildman–Crippen MR) is 82.2 cm³/mol. The summed E-state index contributed by atoms with van der Waals surface area (Å²) in [6.45, 7) is 0. The number of phenolic OH excluding ortho intramolecular Hbond substituents is 1. The van der Waals surface area contributed by atoms with Crippen LogP contribution in [0.2, 0.25) is 0 Å². The first-order valence-corrected chi connectivity index (χ1v) is 6.99. The first-order valence-electron chi connectivity index (χ1n) is 6.99. The van der Waals surface area contributed by atoms with E-state index in [1.165, 1.54) is 36.1 Å². The normalized spacial score (nSPS) is 11.5. The maximum absolute atomic E-state index is 13.1. The van der Waals surface area contributed by atoms with Crippen molar-refractivity contribution in [3.05, 3.63) is 60.3 Å². The zero-order chi connectivity index (χ0) is 17.3. The second-order valence-electron chi connectivity index (χ2n) is 5.07. The van der Waals surface area contributed by atoms with Crippen LogP contribution in [-0.2, 0) is 6.18 Å². The van der Waals surface area contributed by atoms with E-state index in [0.717, 1.165) is 6.07 Å². The molecular formula is C17H13F3N2O2. The van der Waals surface area contributed by atoms with Gasteiger partial charge in [-0.2, -0.15) is 18.3 Å². The lowest BCUT2D eigenvalue weighted by Crippen LogP contribution is -2.07. The van der Waals surface area contributed by atoms with E-state index in [0.29, 0.717) is 17.0 Å². The van der Waals surface area contributed by atoms with Gasteiger partial charge in [0, 0.05) is 5.56 Å². The largest absolute Gasteiger partial charge is 0.508 e. The Bertz CT molecular complexity index is 838. The highest BCUT2D eigenvalue weighted by Crippen LogP contribution is 2.33. The van der Waals surface area contributed by atoms with E-state index in [2.05, 4.69) is 5.10 Å². The lowest BCUT2D eigenvalue weighted by atomic mass is 10.1. The van der Waals surface area contributed by atoms with Gasteiger partial charge in [0.25, 0.3) is 0 Å². The minimum atomic E-state index is -4.55. The quantitative estimate of drug-likeness (QED) is 0.778. The average molecular weight is 334 g/mol. The number of aromatic nitrogens is 2. The van der Waals surface area contributed by atoms with Gasteiger partial charge in [-0.3, -0.25) is 0 Å². The fourth-order valence-electron chi connectivity index (χ4n) is 2.28. The minimum Gasteiger partial charge on any atom is -0.508 e. The summed E-state index contributed by atoms with van der Waals surface area (Å²) >= 11 is 0. The van der Waals surface area contributed by atoms with Crippen molar-refractivity contribution in [2.24, 2.45) is 0 Å². The minimum absolute atomic E-state index is 0.0327. The Hall–Kier alpha value is -2.96. The molecule has 3 aromatic rings. The van der Waals surface area contributed by atoms with Crippen LogP contribution < -0.4 is 4.74 Å². The summed E-state index contributed by atoms with van der Waals surface area (Å²) in [6.07, 6.45) is -4.55. The van der Waals surface area contributed by atoms with E-state index >= 15 is 0 Å². The molecule has 124 valence electrons. The molecule has 0 saturated carbocycles. The lowest BCUT2D eigenvalue weighted by molar-refractivity contribution is -0.141. The summed E-state index contributed by atoms with van der Waals surface area (Å²) < 4.78 is 45.5. The Morgan fingerprint density at radius 2 is 1.62 bits per heavy atom. The topological polar surface area (TPSA) is 47.3 Å². The molecule has 1 N–H and O–H groups in total. The molecule has 1 aromatic heterocycles. The molecule has 7 heteroatoms. The van der Waals surface area contributed by atoms with Crippen molar-refractivity contribution < 1.29 is 23.0 Å². The molecule has 24 heavy (non-hydrogen) atoms. The van der Waals surface area contributed by atoms with Gasteiger partial charge >= 0.3 is 6.18 Å².